The first-order valence-corrected chi connectivity index (χ1v) is 4.36. The van der Waals surface area contributed by atoms with Gasteiger partial charge in [0.05, 0.1) is 0 Å². The topological polar surface area (TPSA) is 12.0 Å². The molecular weight excluding hydrogens is 173 g/mol. The van der Waals surface area contributed by atoms with Crippen molar-refractivity contribution in [1.29, 1.82) is 0 Å². The van der Waals surface area contributed by atoms with Crippen LogP contribution in [0.4, 0.5) is 4.39 Å². The summed E-state index contributed by atoms with van der Waals surface area (Å²) in [6.45, 7) is 2.59. The van der Waals surface area contributed by atoms with E-state index < -0.39 is 0 Å². The molecule has 3 heteroatoms. The van der Waals surface area contributed by atoms with Crippen LogP contribution in [0.15, 0.2) is 24.3 Å². The second kappa shape index (κ2) is 4.48. The fourth-order valence-corrected chi connectivity index (χ4v) is 1.00. The zero-order valence-electron chi connectivity index (χ0n) is 6.92. The van der Waals surface area contributed by atoms with Gasteiger partial charge in [0.1, 0.15) is 5.82 Å². The number of hydrogen-bond donors (Lipinski definition) is 2. The highest BCUT2D eigenvalue weighted by Gasteiger charge is 1.96. The highest BCUT2D eigenvalue weighted by Crippen LogP contribution is 2.03. The lowest BCUT2D eigenvalue weighted by molar-refractivity contribution is 0.620. The smallest absolute Gasteiger partial charge is 0.123 e. The molecule has 0 unspecified atom stereocenters. The zero-order valence-corrected chi connectivity index (χ0v) is 7.81. The van der Waals surface area contributed by atoms with Crippen LogP contribution in [-0.2, 0) is 6.54 Å². The van der Waals surface area contributed by atoms with Crippen molar-refractivity contribution >= 4 is 12.6 Å². The molecule has 0 saturated heterocycles. The number of rotatable bonds is 3. The first kappa shape index (κ1) is 9.55. The maximum absolute atomic E-state index is 12.6. The highest BCUT2D eigenvalue weighted by atomic mass is 32.1. The zero-order chi connectivity index (χ0) is 8.97. The van der Waals surface area contributed by atoms with Crippen LogP contribution in [0.5, 0.6) is 0 Å². The highest BCUT2D eigenvalue weighted by molar-refractivity contribution is 7.80. The molecule has 0 bridgehead atoms. The van der Waals surface area contributed by atoms with E-state index in [4.69, 9.17) is 0 Å². The van der Waals surface area contributed by atoms with Crippen LogP contribution in [0.3, 0.4) is 0 Å². The normalized spacial score (nSPS) is 12.9. The van der Waals surface area contributed by atoms with Gasteiger partial charge in [0.25, 0.3) is 0 Å². The Morgan fingerprint density at radius 3 is 2.92 bits per heavy atom. The largest absolute Gasteiger partial charge is 0.302 e. The molecule has 1 N–H and O–H groups in total. The third-order valence-electron chi connectivity index (χ3n) is 1.49. The van der Waals surface area contributed by atoms with Crippen LogP contribution in [0, 0.1) is 5.82 Å². The Labute approximate surface area is 77.4 Å². The van der Waals surface area contributed by atoms with Crippen molar-refractivity contribution in [1.82, 2.24) is 5.32 Å². The Kier molecular flexibility index (Phi) is 3.56. The molecule has 0 aliphatic carbocycles. The van der Waals surface area contributed by atoms with E-state index in [-0.39, 0.29) is 11.2 Å². The van der Waals surface area contributed by atoms with Crippen LogP contribution >= 0.6 is 12.6 Å². The van der Waals surface area contributed by atoms with E-state index in [9.17, 15) is 4.39 Å². The quantitative estimate of drug-likeness (QED) is 0.543. The average molecular weight is 185 g/mol. The lowest BCUT2D eigenvalue weighted by Gasteiger charge is -2.06. The van der Waals surface area contributed by atoms with Crippen molar-refractivity contribution in [2.24, 2.45) is 0 Å². The maximum atomic E-state index is 12.6. The Balaban J connectivity index is 2.52. The Morgan fingerprint density at radius 2 is 2.33 bits per heavy atom. The summed E-state index contributed by atoms with van der Waals surface area (Å²) in [7, 11) is 0. The summed E-state index contributed by atoms with van der Waals surface area (Å²) in [5, 5.41) is 3.22. The first-order valence-electron chi connectivity index (χ1n) is 3.84. The molecule has 12 heavy (non-hydrogen) atoms. The van der Waals surface area contributed by atoms with Gasteiger partial charge in [-0.1, -0.05) is 12.1 Å². The molecule has 1 aromatic rings. The van der Waals surface area contributed by atoms with Crippen LogP contribution < -0.4 is 5.32 Å². The minimum Gasteiger partial charge on any atom is -0.302 e. The standard InChI is InChI=1S/C9H12FNS/c1-7(12)11-6-8-3-2-4-9(10)5-8/h2-5,7,11-12H,6H2,1H3/t7-/m0/s1. The van der Waals surface area contributed by atoms with Crippen molar-refractivity contribution in [3.63, 3.8) is 0 Å². The van der Waals surface area contributed by atoms with E-state index in [1.807, 2.05) is 13.0 Å². The van der Waals surface area contributed by atoms with E-state index in [1.54, 1.807) is 6.07 Å². The first-order chi connectivity index (χ1) is 5.68. The van der Waals surface area contributed by atoms with Gasteiger partial charge in [-0.3, -0.25) is 0 Å². The number of thiol groups is 1. The van der Waals surface area contributed by atoms with Gasteiger partial charge in [0.15, 0.2) is 0 Å². The molecule has 0 aromatic heterocycles. The van der Waals surface area contributed by atoms with E-state index in [1.165, 1.54) is 12.1 Å². The summed E-state index contributed by atoms with van der Waals surface area (Å²) in [5.41, 5.74) is 0.941. The number of hydrogen-bond acceptors (Lipinski definition) is 2. The maximum Gasteiger partial charge on any atom is 0.123 e. The predicted octanol–water partition coefficient (Wildman–Crippen LogP) is 2.19. The fraction of sp³-hybridized carbons (Fsp3) is 0.333. The second-order valence-electron chi connectivity index (χ2n) is 2.69. The molecule has 0 spiro atoms. The molecule has 0 heterocycles. The molecule has 1 nitrogen and oxygen atoms in total. The number of halogens is 1. The summed E-state index contributed by atoms with van der Waals surface area (Å²) in [6, 6.07) is 6.54. The van der Waals surface area contributed by atoms with Gasteiger partial charge in [-0.05, 0) is 24.6 Å². The van der Waals surface area contributed by atoms with Gasteiger partial charge in [0.2, 0.25) is 0 Å². The molecular formula is C9H12FNS. The van der Waals surface area contributed by atoms with Crippen molar-refractivity contribution in [3.05, 3.63) is 35.6 Å². The molecule has 1 aromatic carbocycles. The summed E-state index contributed by atoms with van der Waals surface area (Å²) < 4.78 is 12.6. The molecule has 0 aliphatic heterocycles. The van der Waals surface area contributed by atoms with Gasteiger partial charge < -0.3 is 5.32 Å². The molecule has 66 valence electrons. The summed E-state index contributed by atoms with van der Waals surface area (Å²) >= 11 is 4.15. The van der Waals surface area contributed by atoms with Crippen molar-refractivity contribution in [3.8, 4) is 0 Å². The van der Waals surface area contributed by atoms with Gasteiger partial charge in [-0.15, -0.1) is 0 Å². The molecule has 1 atom stereocenters. The summed E-state index contributed by atoms with van der Waals surface area (Å²) in [6.07, 6.45) is 0. The van der Waals surface area contributed by atoms with E-state index in [0.29, 0.717) is 6.54 Å². The van der Waals surface area contributed by atoms with E-state index in [2.05, 4.69) is 17.9 Å². The van der Waals surface area contributed by atoms with Gasteiger partial charge >= 0.3 is 0 Å². The minimum atomic E-state index is -0.193. The average Bonchev–Trinajstić information content (AvgIpc) is 2.01. The summed E-state index contributed by atoms with van der Waals surface area (Å²) in [5.74, 6) is -0.193. The van der Waals surface area contributed by atoms with Crippen LogP contribution in [0.2, 0.25) is 0 Å². The van der Waals surface area contributed by atoms with Crippen molar-refractivity contribution in [2.45, 2.75) is 18.8 Å². The van der Waals surface area contributed by atoms with Gasteiger partial charge in [0, 0.05) is 11.9 Å². The minimum absolute atomic E-state index is 0.133. The Morgan fingerprint density at radius 1 is 1.58 bits per heavy atom. The van der Waals surface area contributed by atoms with E-state index >= 15 is 0 Å². The summed E-state index contributed by atoms with van der Waals surface area (Å²) in [4.78, 5) is 0. The van der Waals surface area contributed by atoms with Crippen molar-refractivity contribution < 1.29 is 4.39 Å². The molecule has 0 amide bonds. The SMILES string of the molecule is C[C@H](S)NCc1cccc(F)c1. The molecule has 1 rings (SSSR count). The van der Waals surface area contributed by atoms with Crippen LogP contribution in [0.25, 0.3) is 0 Å². The van der Waals surface area contributed by atoms with Gasteiger partial charge in [-0.25, -0.2) is 4.39 Å². The monoisotopic (exact) mass is 185 g/mol. The second-order valence-corrected chi connectivity index (χ2v) is 3.46. The molecule has 0 radical (unpaired) electrons. The molecule has 0 saturated carbocycles. The number of benzene rings is 1. The fourth-order valence-electron chi connectivity index (χ4n) is 0.912. The Hall–Kier alpha value is -0.540. The van der Waals surface area contributed by atoms with Crippen molar-refractivity contribution in [2.75, 3.05) is 0 Å². The third-order valence-corrected chi connectivity index (χ3v) is 1.67. The number of nitrogens with one attached hydrogen (secondary N) is 1. The molecule has 0 fully saturated rings. The van der Waals surface area contributed by atoms with E-state index in [0.717, 1.165) is 5.56 Å². The lowest BCUT2D eigenvalue weighted by atomic mass is 10.2. The molecule has 0 aliphatic rings. The Bertz CT molecular complexity index is 250. The third kappa shape index (κ3) is 3.24. The lowest BCUT2D eigenvalue weighted by Crippen LogP contribution is -2.19. The van der Waals surface area contributed by atoms with Crippen LogP contribution in [-0.4, -0.2) is 5.37 Å². The predicted molar refractivity (Wildman–Crippen MR) is 51.7 cm³/mol. The van der Waals surface area contributed by atoms with Crippen LogP contribution in [0.1, 0.15) is 12.5 Å². The van der Waals surface area contributed by atoms with Gasteiger partial charge in [-0.2, -0.15) is 12.6 Å².